The first-order valence-electron chi connectivity index (χ1n) is 6.92. The molecule has 2 unspecified atom stereocenters. The Morgan fingerprint density at radius 1 is 1.00 bits per heavy atom. The molecule has 0 amide bonds. The fraction of sp³-hybridized carbons (Fsp3) is 0.867. The first kappa shape index (κ1) is 11.4. The van der Waals surface area contributed by atoms with Crippen molar-refractivity contribution in [3.8, 4) is 0 Å². The molecule has 2 aliphatic carbocycles. The van der Waals surface area contributed by atoms with Gasteiger partial charge in [-0.2, -0.15) is 0 Å². The van der Waals surface area contributed by atoms with Crippen LogP contribution in [0.15, 0.2) is 11.3 Å². The summed E-state index contributed by atoms with van der Waals surface area (Å²) >= 11 is 0. The summed E-state index contributed by atoms with van der Waals surface area (Å²) in [4.78, 5) is 0. The fourth-order valence-electron chi connectivity index (χ4n) is 4.29. The van der Waals surface area contributed by atoms with Crippen LogP contribution < -0.4 is 0 Å². The second-order valence-corrected chi connectivity index (χ2v) is 7.94. The number of hydrogen-bond acceptors (Lipinski definition) is 0. The summed E-state index contributed by atoms with van der Waals surface area (Å²) in [6, 6.07) is 0.274. The van der Waals surface area contributed by atoms with Gasteiger partial charge in [-0.3, -0.25) is 4.70 Å². The Morgan fingerprint density at radius 3 is 2.24 bits per heavy atom. The molecule has 0 radical (unpaired) electrons. The van der Waals surface area contributed by atoms with Crippen molar-refractivity contribution in [3.63, 3.8) is 0 Å². The largest absolute Gasteiger partial charge is 0.500 e. The molecule has 2 atom stereocenters. The minimum Gasteiger partial charge on any atom is -0.500 e. The van der Waals surface area contributed by atoms with Crippen molar-refractivity contribution in [2.24, 2.45) is 16.2 Å². The molecule has 1 aliphatic heterocycles. The second kappa shape index (κ2) is 2.84. The van der Waals surface area contributed by atoms with Crippen molar-refractivity contribution < 1.29 is 4.70 Å². The van der Waals surface area contributed by atoms with E-state index in [2.05, 4.69) is 34.6 Å². The van der Waals surface area contributed by atoms with Crippen molar-refractivity contribution in [3.05, 3.63) is 16.8 Å². The van der Waals surface area contributed by atoms with Gasteiger partial charge >= 0.3 is 0 Å². The monoisotopic (exact) mass is 232 g/mol. The van der Waals surface area contributed by atoms with Crippen LogP contribution in [-0.2, 0) is 0 Å². The first-order chi connectivity index (χ1) is 7.69. The lowest BCUT2D eigenvalue weighted by Gasteiger charge is -2.58. The van der Waals surface area contributed by atoms with Gasteiger partial charge in [-0.15, -0.1) is 0 Å². The van der Waals surface area contributed by atoms with Crippen LogP contribution in [0, 0.1) is 16.2 Å². The Morgan fingerprint density at radius 2 is 1.59 bits per heavy atom. The molecule has 0 saturated heterocycles. The zero-order valence-electron chi connectivity index (χ0n) is 11.8. The van der Waals surface area contributed by atoms with Gasteiger partial charge in [0.2, 0.25) is 0 Å². The van der Waals surface area contributed by atoms with Gasteiger partial charge in [0.1, 0.15) is 0 Å². The van der Waals surface area contributed by atoms with Crippen LogP contribution >= 0.6 is 0 Å². The minimum absolute atomic E-state index is 0.160. The van der Waals surface area contributed by atoms with E-state index in [1.54, 1.807) is 10.3 Å². The predicted octanol–water partition coefficient (Wildman–Crippen LogP) is 4.30. The molecule has 0 N–H and O–H groups in total. The number of nitrogens with zero attached hydrogens (tertiary/aromatic N) is 2. The van der Waals surface area contributed by atoms with Crippen LogP contribution in [0.2, 0.25) is 0 Å². The normalized spacial score (nSPS) is 41.9. The van der Waals surface area contributed by atoms with Gasteiger partial charge in [0.25, 0.3) is 0 Å². The maximum absolute atomic E-state index is 10.4. The molecule has 2 heteroatoms. The van der Waals surface area contributed by atoms with Crippen molar-refractivity contribution in [2.75, 3.05) is 0 Å². The van der Waals surface area contributed by atoms with Crippen molar-refractivity contribution >= 4 is 0 Å². The molecule has 0 aromatic rings. The van der Waals surface area contributed by atoms with Crippen molar-refractivity contribution in [1.82, 2.24) is 0 Å². The van der Waals surface area contributed by atoms with E-state index in [0.717, 1.165) is 0 Å². The summed E-state index contributed by atoms with van der Waals surface area (Å²) in [6.07, 6.45) is 5.01. The SMILES string of the molecule is CC1(C)CCC2(C)CCC(C)(C)C3C2=C1[N+]3=[N-]. The maximum Gasteiger partial charge on any atom is 0.182 e. The molecule has 2 nitrogen and oxygen atoms in total. The van der Waals surface area contributed by atoms with Crippen molar-refractivity contribution in [1.29, 1.82) is 0 Å². The lowest BCUT2D eigenvalue weighted by Crippen LogP contribution is -2.60. The van der Waals surface area contributed by atoms with Gasteiger partial charge in [0, 0.05) is 16.2 Å². The van der Waals surface area contributed by atoms with Crippen LogP contribution in [0.3, 0.4) is 0 Å². The quantitative estimate of drug-likeness (QED) is 0.556. The molecular formula is C15H24N2. The van der Waals surface area contributed by atoms with Gasteiger partial charge in [-0.1, -0.05) is 20.8 Å². The van der Waals surface area contributed by atoms with E-state index in [1.807, 2.05) is 0 Å². The molecule has 1 fully saturated rings. The van der Waals surface area contributed by atoms with E-state index >= 15 is 0 Å². The minimum atomic E-state index is 0.160. The number of hydrogen-bond donors (Lipinski definition) is 0. The zero-order chi connectivity index (χ0) is 12.6. The highest BCUT2D eigenvalue weighted by atomic mass is 15.3. The molecule has 0 aromatic heterocycles. The highest BCUT2D eigenvalue weighted by Crippen LogP contribution is 2.64. The van der Waals surface area contributed by atoms with Crippen LogP contribution in [-0.4, -0.2) is 10.7 Å². The number of allylic oxidation sites excluding steroid dienone is 1. The molecule has 1 heterocycles. The van der Waals surface area contributed by atoms with Crippen LogP contribution in [0.4, 0.5) is 0 Å². The third-order valence-corrected chi connectivity index (χ3v) is 5.66. The van der Waals surface area contributed by atoms with Gasteiger partial charge in [0.15, 0.2) is 11.7 Å². The van der Waals surface area contributed by atoms with Crippen LogP contribution in [0.1, 0.15) is 60.3 Å². The van der Waals surface area contributed by atoms with Gasteiger partial charge in [-0.05, 0) is 39.5 Å². The molecule has 3 rings (SSSR count). The summed E-state index contributed by atoms with van der Waals surface area (Å²) < 4.78 is 1.60. The van der Waals surface area contributed by atoms with Crippen molar-refractivity contribution in [2.45, 2.75) is 66.3 Å². The lowest BCUT2D eigenvalue weighted by atomic mass is 9.50. The topological polar surface area (TPSA) is 25.3 Å². The Hall–Kier alpha value is -0.660. The van der Waals surface area contributed by atoms with Gasteiger partial charge < -0.3 is 5.53 Å². The van der Waals surface area contributed by atoms with E-state index in [1.165, 1.54) is 31.4 Å². The molecule has 1 saturated carbocycles. The standard InChI is InChI=1S/C15H24N2/c1-13(2)6-8-15(5)9-7-14(3,4)12-10(15)11(13)17(12)16/h11H,6-9H2,1-5H3. The second-order valence-electron chi connectivity index (χ2n) is 7.94. The average molecular weight is 232 g/mol. The summed E-state index contributed by atoms with van der Waals surface area (Å²) in [6.45, 7) is 11.6. The molecule has 0 bridgehead atoms. The average Bonchev–Trinajstić information content (AvgIpc) is 2.17. The zero-order valence-corrected chi connectivity index (χ0v) is 11.8. The van der Waals surface area contributed by atoms with Gasteiger partial charge in [0.05, 0.1) is 5.57 Å². The predicted molar refractivity (Wildman–Crippen MR) is 68.6 cm³/mol. The lowest BCUT2D eigenvalue weighted by molar-refractivity contribution is -0.599. The Kier molecular flexibility index (Phi) is 1.91. The fourth-order valence-corrected chi connectivity index (χ4v) is 4.29. The molecular weight excluding hydrogens is 208 g/mol. The van der Waals surface area contributed by atoms with E-state index in [0.29, 0.717) is 5.41 Å². The molecule has 17 heavy (non-hydrogen) atoms. The molecule has 94 valence electrons. The Labute approximate surface area is 105 Å². The van der Waals surface area contributed by atoms with E-state index < -0.39 is 0 Å². The third-order valence-electron chi connectivity index (χ3n) is 5.66. The summed E-state index contributed by atoms with van der Waals surface area (Å²) in [5, 5.41) is 0. The Balaban J connectivity index is 2.18. The van der Waals surface area contributed by atoms with Crippen LogP contribution in [0.5, 0.6) is 0 Å². The van der Waals surface area contributed by atoms with E-state index in [4.69, 9.17) is 0 Å². The summed E-state index contributed by atoms with van der Waals surface area (Å²) in [5.41, 5.74) is 14.0. The number of rotatable bonds is 0. The molecule has 0 aromatic carbocycles. The summed E-state index contributed by atoms with van der Waals surface area (Å²) in [7, 11) is 0. The molecule has 0 spiro atoms. The van der Waals surface area contributed by atoms with Gasteiger partial charge in [-0.25, -0.2) is 0 Å². The maximum atomic E-state index is 10.4. The highest BCUT2D eigenvalue weighted by Gasteiger charge is 2.64. The first-order valence-corrected chi connectivity index (χ1v) is 6.92. The highest BCUT2D eigenvalue weighted by molar-refractivity contribution is 5.37. The molecule has 3 aliphatic rings. The van der Waals surface area contributed by atoms with Crippen LogP contribution in [0.25, 0.3) is 5.53 Å². The third kappa shape index (κ3) is 1.22. The summed E-state index contributed by atoms with van der Waals surface area (Å²) in [5.74, 6) is 0. The van der Waals surface area contributed by atoms with E-state index in [9.17, 15) is 5.53 Å². The van der Waals surface area contributed by atoms with E-state index in [-0.39, 0.29) is 16.9 Å². The smallest absolute Gasteiger partial charge is 0.182 e. The Bertz CT molecular complexity index is 442.